The molecule has 2 rings (SSSR count). The van der Waals surface area contributed by atoms with Crippen LogP contribution in [0.25, 0.3) is 0 Å². The zero-order chi connectivity index (χ0) is 14.4. The first-order valence-electron chi connectivity index (χ1n) is 7.15. The molecule has 0 aliphatic rings. The average molecular weight is 272 g/mol. The summed E-state index contributed by atoms with van der Waals surface area (Å²) in [6.45, 7) is 5.69. The van der Waals surface area contributed by atoms with E-state index >= 15 is 0 Å². The second-order valence-corrected chi connectivity index (χ2v) is 5.43. The van der Waals surface area contributed by atoms with Gasteiger partial charge in [-0.15, -0.1) is 0 Å². The Kier molecular flexibility index (Phi) is 5.39. The van der Waals surface area contributed by atoms with Crippen molar-refractivity contribution in [2.45, 2.75) is 33.2 Å². The molecule has 0 amide bonds. The summed E-state index contributed by atoms with van der Waals surface area (Å²) in [5, 5.41) is 3.36. The van der Waals surface area contributed by atoms with E-state index in [1.54, 1.807) is 0 Å². The number of hydrogen-bond donors (Lipinski definition) is 1. The van der Waals surface area contributed by atoms with E-state index in [-0.39, 0.29) is 0 Å². The van der Waals surface area contributed by atoms with Gasteiger partial charge in [0.2, 0.25) is 0 Å². The van der Waals surface area contributed by atoms with Crippen LogP contribution in [-0.4, -0.2) is 11.6 Å². The summed E-state index contributed by atoms with van der Waals surface area (Å²) < 4.78 is 7.82. The van der Waals surface area contributed by atoms with Crippen LogP contribution in [-0.2, 0) is 18.1 Å². The van der Waals surface area contributed by atoms with Crippen LogP contribution in [0.5, 0.6) is 0 Å². The molecule has 1 aromatic heterocycles. The van der Waals surface area contributed by atoms with Crippen LogP contribution in [0.2, 0.25) is 0 Å². The molecule has 1 atom stereocenters. The van der Waals surface area contributed by atoms with Crippen LogP contribution >= 0.6 is 0 Å². The Balaban J connectivity index is 1.87. The highest BCUT2D eigenvalue weighted by atomic mass is 16.5. The van der Waals surface area contributed by atoms with Gasteiger partial charge in [-0.05, 0) is 30.2 Å². The first-order valence-corrected chi connectivity index (χ1v) is 7.15. The van der Waals surface area contributed by atoms with E-state index in [1.807, 2.05) is 25.2 Å². The molecule has 108 valence electrons. The zero-order valence-corrected chi connectivity index (χ0v) is 12.5. The van der Waals surface area contributed by atoms with Crippen LogP contribution in [0.4, 0.5) is 0 Å². The van der Waals surface area contributed by atoms with E-state index in [9.17, 15) is 0 Å². The first-order chi connectivity index (χ1) is 9.70. The number of hydrogen-bond acceptors (Lipinski definition) is 2. The summed E-state index contributed by atoms with van der Waals surface area (Å²) in [7, 11) is 2.01. The van der Waals surface area contributed by atoms with Gasteiger partial charge < -0.3 is 14.6 Å². The van der Waals surface area contributed by atoms with E-state index in [4.69, 9.17) is 4.74 Å². The smallest absolute Gasteiger partial charge is 0.122 e. The lowest BCUT2D eigenvalue weighted by Gasteiger charge is -2.18. The number of ether oxygens (including phenoxy) is 1. The molecule has 1 heterocycles. The Morgan fingerprint density at radius 3 is 2.55 bits per heavy atom. The lowest BCUT2D eigenvalue weighted by atomic mass is 9.99. The predicted molar refractivity (Wildman–Crippen MR) is 82.3 cm³/mol. The minimum absolute atomic E-state index is 0.394. The summed E-state index contributed by atoms with van der Waals surface area (Å²) in [6, 6.07) is 12.8. The van der Waals surface area contributed by atoms with E-state index in [1.165, 1.54) is 11.1 Å². The normalized spacial score (nSPS) is 12.8. The van der Waals surface area contributed by atoms with Crippen LogP contribution in [0.1, 0.15) is 31.0 Å². The maximum atomic E-state index is 5.74. The maximum Gasteiger partial charge on any atom is 0.122 e. The predicted octanol–water partition coefficient (Wildman–Crippen LogP) is 3.58. The average Bonchev–Trinajstić information content (AvgIpc) is 2.89. The van der Waals surface area contributed by atoms with E-state index in [0.717, 1.165) is 0 Å². The summed E-state index contributed by atoms with van der Waals surface area (Å²) in [4.78, 5) is 0. The van der Waals surface area contributed by atoms with Gasteiger partial charge >= 0.3 is 0 Å². The van der Waals surface area contributed by atoms with Gasteiger partial charge in [0.25, 0.3) is 0 Å². The summed E-state index contributed by atoms with van der Waals surface area (Å²) in [5.74, 6) is 0.570. The molecule has 20 heavy (non-hydrogen) atoms. The molecule has 0 aliphatic heterocycles. The number of nitrogens with one attached hydrogen (secondary N) is 1. The van der Waals surface area contributed by atoms with Crippen LogP contribution in [0.15, 0.2) is 48.8 Å². The number of benzene rings is 1. The SMILES string of the molecule is CNC(c1ccn(COCc2ccccc2)c1)C(C)C. The van der Waals surface area contributed by atoms with Gasteiger partial charge in [0.1, 0.15) is 6.73 Å². The summed E-state index contributed by atoms with van der Waals surface area (Å²) >= 11 is 0. The lowest BCUT2D eigenvalue weighted by Crippen LogP contribution is -2.21. The third-order valence-electron chi connectivity index (χ3n) is 3.46. The monoisotopic (exact) mass is 272 g/mol. The lowest BCUT2D eigenvalue weighted by molar-refractivity contribution is 0.0641. The zero-order valence-electron chi connectivity index (χ0n) is 12.5. The number of aromatic nitrogens is 1. The largest absolute Gasteiger partial charge is 0.356 e. The van der Waals surface area contributed by atoms with Crippen molar-refractivity contribution >= 4 is 0 Å². The van der Waals surface area contributed by atoms with Crippen LogP contribution in [0, 0.1) is 5.92 Å². The molecule has 0 saturated carbocycles. The molecule has 1 unspecified atom stereocenters. The summed E-state index contributed by atoms with van der Waals surface area (Å²) in [5.41, 5.74) is 2.51. The highest BCUT2D eigenvalue weighted by Crippen LogP contribution is 2.21. The fourth-order valence-electron chi connectivity index (χ4n) is 2.45. The van der Waals surface area contributed by atoms with Crippen molar-refractivity contribution in [2.75, 3.05) is 7.05 Å². The molecule has 0 radical (unpaired) electrons. The molecule has 0 spiro atoms. The standard InChI is InChI=1S/C17H24N2O/c1-14(2)17(18-3)16-9-10-19(11-16)13-20-12-15-7-5-4-6-8-15/h4-11,14,17-18H,12-13H2,1-3H3. The summed E-state index contributed by atoms with van der Waals surface area (Å²) in [6.07, 6.45) is 4.24. The topological polar surface area (TPSA) is 26.2 Å². The number of rotatable bonds is 7. The Labute approximate surface area is 121 Å². The Hall–Kier alpha value is -1.58. The second-order valence-electron chi connectivity index (χ2n) is 5.43. The van der Waals surface area contributed by atoms with E-state index in [2.05, 4.69) is 54.3 Å². The van der Waals surface area contributed by atoms with Crippen molar-refractivity contribution in [3.05, 3.63) is 59.9 Å². The molecule has 1 N–H and O–H groups in total. The van der Waals surface area contributed by atoms with Crippen molar-refractivity contribution in [3.63, 3.8) is 0 Å². The van der Waals surface area contributed by atoms with Gasteiger partial charge in [-0.2, -0.15) is 0 Å². The molecule has 0 aliphatic carbocycles. The van der Waals surface area contributed by atoms with Gasteiger partial charge in [0.05, 0.1) is 6.61 Å². The minimum atomic E-state index is 0.394. The van der Waals surface area contributed by atoms with Crippen molar-refractivity contribution in [1.82, 2.24) is 9.88 Å². The Morgan fingerprint density at radius 1 is 1.15 bits per heavy atom. The molecular weight excluding hydrogens is 248 g/mol. The third kappa shape index (κ3) is 3.95. The highest BCUT2D eigenvalue weighted by Gasteiger charge is 2.14. The first kappa shape index (κ1) is 14.8. The van der Waals surface area contributed by atoms with E-state index < -0.39 is 0 Å². The molecule has 0 bridgehead atoms. The third-order valence-corrected chi connectivity index (χ3v) is 3.46. The van der Waals surface area contributed by atoms with Gasteiger partial charge in [-0.1, -0.05) is 44.2 Å². The fraction of sp³-hybridized carbons (Fsp3) is 0.412. The van der Waals surface area contributed by atoms with Crippen molar-refractivity contribution in [3.8, 4) is 0 Å². The van der Waals surface area contributed by atoms with Gasteiger partial charge in [-0.25, -0.2) is 0 Å². The highest BCUT2D eigenvalue weighted by molar-refractivity contribution is 5.16. The van der Waals surface area contributed by atoms with Gasteiger partial charge in [0.15, 0.2) is 0 Å². The van der Waals surface area contributed by atoms with Crippen LogP contribution in [0.3, 0.4) is 0 Å². The molecular formula is C17H24N2O. The van der Waals surface area contributed by atoms with Gasteiger partial charge in [0, 0.05) is 18.4 Å². The molecule has 0 fully saturated rings. The van der Waals surface area contributed by atoms with Crippen molar-refractivity contribution in [2.24, 2.45) is 5.92 Å². The number of nitrogens with zero attached hydrogens (tertiary/aromatic N) is 1. The molecule has 3 nitrogen and oxygen atoms in total. The molecule has 3 heteroatoms. The van der Waals surface area contributed by atoms with Gasteiger partial charge in [-0.3, -0.25) is 0 Å². The fourth-order valence-corrected chi connectivity index (χ4v) is 2.45. The molecule has 2 aromatic rings. The minimum Gasteiger partial charge on any atom is -0.356 e. The second kappa shape index (κ2) is 7.27. The Bertz CT molecular complexity index is 505. The Morgan fingerprint density at radius 2 is 1.90 bits per heavy atom. The maximum absolute atomic E-state index is 5.74. The molecule has 1 aromatic carbocycles. The van der Waals surface area contributed by atoms with Crippen LogP contribution < -0.4 is 5.32 Å². The quantitative estimate of drug-likeness (QED) is 0.834. The molecule has 0 saturated heterocycles. The van der Waals surface area contributed by atoms with E-state index in [0.29, 0.717) is 25.3 Å². The van der Waals surface area contributed by atoms with Crippen molar-refractivity contribution < 1.29 is 4.74 Å². The van der Waals surface area contributed by atoms with Crippen molar-refractivity contribution in [1.29, 1.82) is 0 Å².